The van der Waals surface area contributed by atoms with Crippen LogP contribution >= 0.6 is 0 Å². The van der Waals surface area contributed by atoms with Crippen molar-refractivity contribution < 1.29 is 0 Å². The van der Waals surface area contributed by atoms with Crippen LogP contribution in [0.4, 0.5) is 11.5 Å². The van der Waals surface area contributed by atoms with Gasteiger partial charge in [0, 0.05) is 24.0 Å². The molecule has 3 atom stereocenters. The van der Waals surface area contributed by atoms with Gasteiger partial charge in [-0.2, -0.15) is 0 Å². The fourth-order valence-corrected chi connectivity index (χ4v) is 3.23. The summed E-state index contributed by atoms with van der Waals surface area (Å²) in [7, 11) is 0. The van der Waals surface area contributed by atoms with Crippen molar-refractivity contribution in [2.75, 3.05) is 11.1 Å². The summed E-state index contributed by atoms with van der Waals surface area (Å²) in [6, 6.07) is 2.59. The molecule has 2 saturated carbocycles. The molecular formula is C13H19N3. The van der Waals surface area contributed by atoms with Crippen molar-refractivity contribution in [1.29, 1.82) is 0 Å². The smallest absolute Gasteiger partial charge is 0.128 e. The molecular weight excluding hydrogens is 198 g/mol. The van der Waals surface area contributed by atoms with E-state index in [1.165, 1.54) is 25.7 Å². The fraction of sp³-hybridized carbons (Fsp3) is 0.615. The molecule has 3 rings (SSSR count). The highest BCUT2D eigenvalue weighted by Gasteiger charge is 2.39. The Bertz CT molecular complexity index is 402. The van der Waals surface area contributed by atoms with Gasteiger partial charge in [-0.3, -0.25) is 0 Å². The van der Waals surface area contributed by atoms with Crippen LogP contribution in [0.25, 0.3) is 0 Å². The Kier molecular flexibility index (Phi) is 2.27. The van der Waals surface area contributed by atoms with Gasteiger partial charge in [0.25, 0.3) is 0 Å². The topological polar surface area (TPSA) is 50.9 Å². The summed E-state index contributed by atoms with van der Waals surface area (Å²) in [5.41, 5.74) is 7.78. The van der Waals surface area contributed by atoms with E-state index in [9.17, 15) is 0 Å². The quantitative estimate of drug-likeness (QED) is 0.800. The summed E-state index contributed by atoms with van der Waals surface area (Å²) in [4.78, 5) is 4.40. The van der Waals surface area contributed by atoms with Crippen molar-refractivity contribution in [1.82, 2.24) is 4.98 Å². The molecule has 0 aliphatic heterocycles. The molecule has 0 radical (unpaired) electrons. The number of aryl methyl sites for hydroxylation is 1. The first kappa shape index (κ1) is 9.94. The summed E-state index contributed by atoms with van der Waals surface area (Å²) in [5, 5.41) is 3.55. The van der Waals surface area contributed by atoms with Crippen molar-refractivity contribution in [3.63, 3.8) is 0 Å². The van der Waals surface area contributed by atoms with Crippen LogP contribution in [0, 0.1) is 18.8 Å². The Morgan fingerprint density at radius 3 is 2.88 bits per heavy atom. The summed E-state index contributed by atoms with van der Waals surface area (Å²) >= 11 is 0. The van der Waals surface area contributed by atoms with Gasteiger partial charge in [-0.25, -0.2) is 4.98 Å². The first-order valence-corrected chi connectivity index (χ1v) is 6.21. The van der Waals surface area contributed by atoms with Gasteiger partial charge >= 0.3 is 0 Å². The lowest BCUT2D eigenvalue weighted by atomic mass is 9.95. The molecule has 3 nitrogen and oxygen atoms in total. The van der Waals surface area contributed by atoms with Crippen LogP contribution < -0.4 is 11.1 Å². The van der Waals surface area contributed by atoms with E-state index in [0.717, 1.165) is 28.9 Å². The average molecular weight is 217 g/mol. The number of nitrogen functional groups attached to an aromatic ring is 1. The van der Waals surface area contributed by atoms with Gasteiger partial charge in [0.1, 0.15) is 5.82 Å². The van der Waals surface area contributed by atoms with E-state index >= 15 is 0 Å². The first-order valence-electron chi connectivity index (χ1n) is 6.21. The molecule has 2 bridgehead atoms. The van der Waals surface area contributed by atoms with Gasteiger partial charge in [-0.15, -0.1) is 0 Å². The number of hydrogen-bond acceptors (Lipinski definition) is 3. The van der Waals surface area contributed by atoms with Crippen molar-refractivity contribution in [3.8, 4) is 0 Å². The van der Waals surface area contributed by atoms with E-state index in [4.69, 9.17) is 5.73 Å². The lowest BCUT2D eigenvalue weighted by Crippen LogP contribution is -2.26. The number of aromatic nitrogens is 1. The molecule has 0 spiro atoms. The van der Waals surface area contributed by atoms with Crippen LogP contribution in [-0.2, 0) is 0 Å². The van der Waals surface area contributed by atoms with E-state index in [1.54, 1.807) is 0 Å². The Morgan fingerprint density at radius 2 is 2.25 bits per heavy atom. The second-order valence-corrected chi connectivity index (χ2v) is 5.35. The maximum atomic E-state index is 5.89. The molecule has 1 aromatic heterocycles. The van der Waals surface area contributed by atoms with Crippen molar-refractivity contribution >= 4 is 11.5 Å². The van der Waals surface area contributed by atoms with E-state index < -0.39 is 0 Å². The predicted molar refractivity (Wildman–Crippen MR) is 66.2 cm³/mol. The third-order valence-electron chi connectivity index (χ3n) is 4.22. The zero-order chi connectivity index (χ0) is 11.1. The summed E-state index contributed by atoms with van der Waals surface area (Å²) in [6.07, 6.45) is 7.42. The highest BCUT2D eigenvalue weighted by Crippen LogP contribution is 2.45. The van der Waals surface area contributed by atoms with Crippen molar-refractivity contribution in [3.05, 3.63) is 17.8 Å². The second kappa shape index (κ2) is 3.65. The highest BCUT2D eigenvalue weighted by molar-refractivity contribution is 5.53. The van der Waals surface area contributed by atoms with Gasteiger partial charge in [0.15, 0.2) is 0 Å². The lowest BCUT2D eigenvalue weighted by molar-refractivity contribution is 0.439. The van der Waals surface area contributed by atoms with Gasteiger partial charge in [-0.1, -0.05) is 6.42 Å². The van der Waals surface area contributed by atoms with Gasteiger partial charge in [0.2, 0.25) is 0 Å². The summed E-state index contributed by atoms with van der Waals surface area (Å²) in [5.74, 6) is 2.78. The van der Waals surface area contributed by atoms with E-state index in [-0.39, 0.29) is 0 Å². The number of pyridine rings is 1. The monoisotopic (exact) mass is 217 g/mol. The van der Waals surface area contributed by atoms with Crippen LogP contribution in [0.2, 0.25) is 0 Å². The third kappa shape index (κ3) is 1.64. The van der Waals surface area contributed by atoms with E-state index in [1.807, 2.05) is 19.2 Å². The summed E-state index contributed by atoms with van der Waals surface area (Å²) < 4.78 is 0. The molecule has 16 heavy (non-hydrogen) atoms. The third-order valence-corrected chi connectivity index (χ3v) is 4.22. The predicted octanol–water partition coefficient (Wildman–Crippen LogP) is 2.57. The Morgan fingerprint density at radius 1 is 1.38 bits per heavy atom. The number of anilines is 2. The molecule has 3 unspecified atom stereocenters. The largest absolute Gasteiger partial charge is 0.398 e. The lowest BCUT2D eigenvalue weighted by Gasteiger charge is -2.23. The normalized spacial score (nSPS) is 31.9. The molecule has 86 valence electrons. The van der Waals surface area contributed by atoms with Gasteiger partial charge < -0.3 is 11.1 Å². The van der Waals surface area contributed by atoms with Crippen molar-refractivity contribution in [2.24, 2.45) is 11.8 Å². The van der Waals surface area contributed by atoms with Gasteiger partial charge in [0.05, 0.1) is 0 Å². The molecule has 3 heteroatoms. The number of rotatable bonds is 2. The minimum atomic E-state index is 0.633. The number of nitrogens with one attached hydrogen (secondary N) is 1. The number of hydrogen-bond donors (Lipinski definition) is 2. The maximum Gasteiger partial charge on any atom is 0.128 e. The molecule has 0 amide bonds. The first-order chi connectivity index (χ1) is 7.72. The molecule has 2 aliphatic carbocycles. The molecule has 1 heterocycles. The minimum Gasteiger partial charge on any atom is -0.398 e. The molecule has 0 saturated heterocycles. The zero-order valence-corrected chi connectivity index (χ0v) is 9.74. The number of nitrogens with two attached hydrogens (primary N) is 1. The zero-order valence-electron chi connectivity index (χ0n) is 9.74. The summed E-state index contributed by atoms with van der Waals surface area (Å²) in [6.45, 7) is 1.99. The number of fused-ring (bicyclic) bond motifs is 2. The van der Waals surface area contributed by atoms with Crippen LogP contribution in [0.3, 0.4) is 0 Å². The highest BCUT2D eigenvalue weighted by atomic mass is 15.0. The Balaban J connectivity index is 1.72. The Labute approximate surface area is 96.4 Å². The molecule has 1 aromatic rings. The van der Waals surface area contributed by atoms with E-state index in [2.05, 4.69) is 10.3 Å². The SMILES string of the molecule is Cc1cnc(NC2CC3CCC2C3)cc1N. The van der Waals surface area contributed by atoms with Crippen molar-refractivity contribution in [2.45, 2.75) is 38.6 Å². The molecule has 0 aromatic carbocycles. The fourth-order valence-electron chi connectivity index (χ4n) is 3.23. The number of nitrogens with zero attached hydrogens (tertiary/aromatic N) is 1. The molecule has 3 N–H and O–H groups in total. The molecule has 2 fully saturated rings. The van der Waals surface area contributed by atoms with Crippen LogP contribution in [0.15, 0.2) is 12.3 Å². The maximum absolute atomic E-state index is 5.89. The Hall–Kier alpha value is -1.25. The van der Waals surface area contributed by atoms with Gasteiger partial charge in [-0.05, 0) is 43.6 Å². The minimum absolute atomic E-state index is 0.633. The standard InChI is InChI=1S/C13H19N3/c1-8-7-15-13(6-11(8)14)16-12-5-9-2-3-10(12)4-9/h6-7,9-10,12H,2-5H2,1H3,(H3,14,15,16). The van der Waals surface area contributed by atoms with Crippen LogP contribution in [0.5, 0.6) is 0 Å². The van der Waals surface area contributed by atoms with E-state index in [0.29, 0.717) is 6.04 Å². The second-order valence-electron chi connectivity index (χ2n) is 5.35. The van der Waals surface area contributed by atoms with Crippen LogP contribution in [-0.4, -0.2) is 11.0 Å². The molecule has 2 aliphatic rings. The average Bonchev–Trinajstić information content (AvgIpc) is 2.85. The van der Waals surface area contributed by atoms with Crippen LogP contribution in [0.1, 0.15) is 31.2 Å².